The van der Waals surface area contributed by atoms with Gasteiger partial charge in [0.15, 0.2) is 10.9 Å². The third kappa shape index (κ3) is 2.41. The quantitative estimate of drug-likeness (QED) is 0.849. The highest BCUT2D eigenvalue weighted by Gasteiger charge is 2.27. The minimum absolute atomic E-state index is 0.137. The zero-order valence-electron chi connectivity index (χ0n) is 12.0. The Morgan fingerprint density at radius 3 is 3.00 bits per heavy atom. The maximum atomic E-state index is 12.0. The molecule has 7 nitrogen and oxygen atoms in total. The molecule has 0 aliphatic carbocycles. The maximum Gasteiger partial charge on any atom is 0.423 e. The van der Waals surface area contributed by atoms with Crippen molar-refractivity contribution in [1.82, 2.24) is 14.8 Å². The second-order valence-electron chi connectivity index (χ2n) is 4.74. The van der Waals surface area contributed by atoms with Gasteiger partial charge in [-0.15, -0.1) is 5.10 Å². The fourth-order valence-corrected chi connectivity index (χ4v) is 2.58. The number of hydrogen-bond acceptors (Lipinski definition) is 5. The number of benzene rings is 1. The van der Waals surface area contributed by atoms with Gasteiger partial charge in [0.25, 0.3) is 5.95 Å². The first-order valence-electron chi connectivity index (χ1n) is 6.91. The van der Waals surface area contributed by atoms with Crippen LogP contribution >= 0.6 is 12.2 Å². The number of rotatable bonds is 2. The van der Waals surface area contributed by atoms with Crippen LogP contribution in [0, 0.1) is 0 Å². The summed E-state index contributed by atoms with van der Waals surface area (Å²) in [7, 11) is 0. The summed E-state index contributed by atoms with van der Waals surface area (Å²) in [4.78, 5) is 17.4. The number of nitrogens with two attached hydrogens (primary N) is 1. The van der Waals surface area contributed by atoms with Crippen molar-refractivity contribution in [2.75, 3.05) is 11.5 Å². The van der Waals surface area contributed by atoms with E-state index < -0.39 is 6.09 Å². The number of anilines is 1. The normalized spacial score (nSPS) is 12.2. The summed E-state index contributed by atoms with van der Waals surface area (Å²) in [5, 5.41) is 4.19. The molecule has 0 saturated heterocycles. The fraction of sp³-hybridized carbons (Fsp3) is 0.286. The molecule has 2 aromatic rings. The molecule has 0 spiro atoms. The van der Waals surface area contributed by atoms with Gasteiger partial charge in [0.2, 0.25) is 0 Å². The number of thiocarbonyl (C=S) groups is 1. The number of nitrogens with zero attached hydrogens (tertiary/aromatic N) is 4. The van der Waals surface area contributed by atoms with E-state index in [-0.39, 0.29) is 17.7 Å². The van der Waals surface area contributed by atoms with Crippen molar-refractivity contribution < 1.29 is 9.53 Å². The fourth-order valence-electron chi connectivity index (χ4n) is 2.42. The smallest absolute Gasteiger partial charge is 0.423 e. The Labute approximate surface area is 132 Å². The first-order valence-corrected chi connectivity index (χ1v) is 7.32. The monoisotopic (exact) mass is 317 g/mol. The van der Waals surface area contributed by atoms with Crippen LogP contribution < -0.4 is 10.6 Å². The van der Waals surface area contributed by atoms with Gasteiger partial charge >= 0.3 is 6.09 Å². The molecule has 1 amide bonds. The summed E-state index contributed by atoms with van der Waals surface area (Å²) in [6.45, 7) is 2.61. The van der Waals surface area contributed by atoms with Gasteiger partial charge in [-0.25, -0.2) is 9.48 Å². The van der Waals surface area contributed by atoms with Gasteiger partial charge < -0.3 is 10.5 Å². The summed E-state index contributed by atoms with van der Waals surface area (Å²) in [6.07, 6.45) is 0.185. The molecule has 8 heteroatoms. The van der Waals surface area contributed by atoms with E-state index in [2.05, 4.69) is 16.1 Å². The summed E-state index contributed by atoms with van der Waals surface area (Å²) in [6, 6.07) is 7.98. The van der Waals surface area contributed by atoms with Crippen LogP contribution in [0.1, 0.15) is 12.5 Å². The number of aryl methyl sites for hydroxylation is 2. The van der Waals surface area contributed by atoms with Crippen molar-refractivity contribution in [2.24, 2.45) is 5.73 Å². The predicted octanol–water partition coefficient (Wildman–Crippen LogP) is 1.71. The Bertz CT molecular complexity index is 743. The molecule has 0 atom stereocenters. The van der Waals surface area contributed by atoms with E-state index in [1.165, 1.54) is 5.56 Å². The van der Waals surface area contributed by atoms with Crippen molar-refractivity contribution in [3.8, 4) is 11.4 Å². The second-order valence-corrected chi connectivity index (χ2v) is 5.16. The minimum atomic E-state index is -0.675. The van der Waals surface area contributed by atoms with Crippen molar-refractivity contribution in [1.29, 1.82) is 0 Å². The van der Waals surface area contributed by atoms with Crippen molar-refractivity contribution in [3.63, 3.8) is 0 Å². The van der Waals surface area contributed by atoms with E-state index in [9.17, 15) is 4.79 Å². The Morgan fingerprint density at radius 1 is 1.50 bits per heavy atom. The number of aromatic nitrogens is 3. The van der Waals surface area contributed by atoms with E-state index in [4.69, 9.17) is 22.7 Å². The molecule has 0 bridgehead atoms. The Hall–Kier alpha value is -2.48. The number of carbonyl (C=O) groups excluding carboxylic acids is 1. The molecule has 0 radical (unpaired) electrons. The molecular formula is C14H15N5O2S. The zero-order chi connectivity index (χ0) is 15.7. The summed E-state index contributed by atoms with van der Waals surface area (Å²) in [5.74, 6) is 0.833. The highest BCUT2D eigenvalue weighted by molar-refractivity contribution is 7.80. The number of ether oxygens (including phenoxy) is 1. The minimum Gasteiger partial charge on any atom is -0.449 e. The first-order chi connectivity index (χ1) is 10.6. The molecule has 0 saturated carbocycles. The van der Waals surface area contributed by atoms with Crippen molar-refractivity contribution >= 4 is 29.4 Å². The summed E-state index contributed by atoms with van der Waals surface area (Å²) < 4.78 is 6.70. The Kier molecular flexibility index (Phi) is 3.76. The lowest BCUT2D eigenvalue weighted by Crippen LogP contribution is -2.41. The number of carbonyl (C=O) groups is 1. The molecule has 1 aromatic carbocycles. The van der Waals surface area contributed by atoms with Crippen LogP contribution in [-0.4, -0.2) is 32.6 Å². The van der Waals surface area contributed by atoms with Crippen LogP contribution in [0.5, 0.6) is 0 Å². The molecule has 1 aliphatic heterocycles. The predicted molar refractivity (Wildman–Crippen MR) is 85.4 cm³/mol. The molecule has 114 valence electrons. The Morgan fingerprint density at radius 2 is 2.27 bits per heavy atom. The molecule has 22 heavy (non-hydrogen) atoms. The standard InChI is InChI=1S/C14H15N5O2S/c1-2-21-14(20)19(12(15)22)13-16-11-10-6-4-3-5-9(10)7-8-18(11)17-13/h3-6H,2,7-8H2,1H3,(H2,15,22). The number of hydrogen-bond donors (Lipinski definition) is 1. The molecule has 0 unspecified atom stereocenters. The zero-order valence-corrected chi connectivity index (χ0v) is 12.8. The summed E-state index contributed by atoms with van der Waals surface area (Å²) >= 11 is 4.92. The molecule has 1 aliphatic rings. The third-order valence-electron chi connectivity index (χ3n) is 3.38. The lowest BCUT2D eigenvalue weighted by Gasteiger charge is -2.15. The number of amides is 1. The highest BCUT2D eigenvalue weighted by Crippen LogP contribution is 2.29. The lowest BCUT2D eigenvalue weighted by molar-refractivity contribution is 0.163. The highest BCUT2D eigenvalue weighted by atomic mass is 32.1. The summed E-state index contributed by atoms with van der Waals surface area (Å²) in [5.41, 5.74) is 7.82. The van der Waals surface area contributed by atoms with E-state index in [0.29, 0.717) is 12.4 Å². The molecule has 0 fully saturated rings. The van der Waals surface area contributed by atoms with Crippen LogP contribution in [0.15, 0.2) is 24.3 Å². The van der Waals surface area contributed by atoms with E-state index in [1.54, 1.807) is 11.6 Å². The van der Waals surface area contributed by atoms with Crippen LogP contribution in [0.25, 0.3) is 11.4 Å². The third-order valence-corrected chi connectivity index (χ3v) is 3.57. The first kappa shape index (κ1) is 14.5. The number of fused-ring (bicyclic) bond motifs is 3. The van der Waals surface area contributed by atoms with Gasteiger partial charge in [-0.1, -0.05) is 24.3 Å². The largest absolute Gasteiger partial charge is 0.449 e. The molecular weight excluding hydrogens is 302 g/mol. The molecule has 2 N–H and O–H groups in total. The van der Waals surface area contributed by atoms with E-state index >= 15 is 0 Å². The van der Waals surface area contributed by atoms with Gasteiger partial charge in [0.05, 0.1) is 6.61 Å². The average molecular weight is 317 g/mol. The lowest BCUT2D eigenvalue weighted by atomic mass is 10.0. The second kappa shape index (κ2) is 5.72. The van der Waals surface area contributed by atoms with Gasteiger partial charge in [0, 0.05) is 12.1 Å². The van der Waals surface area contributed by atoms with Gasteiger partial charge in [-0.3, -0.25) is 0 Å². The van der Waals surface area contributed by atoms with Gasteiger partial charge in [-0.2, -0.15) is 9.88 Å². The average Bonchev–Trinajstić information content (AvgIpc) is 2.91. The molecule has 2 heterocycles. The van der Waals surface area contributed by atoms with Crippen LogP contribution in [-0.2, 0) is 17.7 Å². The van der Waals surface area contributed by atoms with Crippen LogP contribution in [0.4, 0.5) is 10.7 Å². The Balaban J connectivity index is 2.03. The van der Waals surface area contributed by atoms with E-state index in [1.807, 2.05) is 18.2 Å². The topological polar surface area (TPSA) is 86.3 Å². The van der Waals surface area contributed by atoms with Crippen molar-refractivity contribution in [3.05, 3.63) is 29.8 Å². The molecule has 1 aromatic heterocycles. The maximum absolute atomic E-state index is 12.0. The van der Waals surface area contributed by atoms with Gasteiger partial charge in [-0.05, 0) is 31.1 Å². The van der Waals surface area contributed by atoms with Crippen LogP contribution in [0.2, 0.25) is 0 Å². The van der Waals surface area contributed by atoms with Crippen LogP contribution in [0.3, 0.4) is 0 Å². The van der Waals surface area contributed by atoms with E-state index in [0.717, 1.165) is 16.9 Å². The van der Waals surface area contributed by atoms with Gasteiger partial charge in [0.1, 0.15) is 0 Å². The van der Waals surface area contributed by atoms with Crippen molar-refractivity contribution in [2.45, 2.75) is 19.9 Å². The SMILES string of the molecule is CCOC(=O)N(C(N)=S)c1nc2n(n1)CCc1ccccc1-2. The molecule has 3 rings (SSSR count).